The summed E-state index contributed by atoms with van der Waals surface area (Å²) in [6.07, 6.45) is 13.5. The zero-order chi connectivity index (χ0) is 13.6. The number of hydrogen-bond donors (Lipinski definition) is 2. The maximum Gasteiger partial charge on any atom is 0.220 e. The fourth-order valence-corrected chi connectivity index (χ4v) is 3.77. The van der Waals surface area contributed by atoms with E-state index in [1.165, 1.54) is 64.2 Å². The highest BCUT2D eigenvalue weighted by molar-refractivity contribution is 5.76. The molecule has 3 nitrogen and oxygen atoms in total. The first-order valence-corrected chi connectivity index (χ1v) is 8.21. The van der Waals surface area contributed by atoms with Crippen molar-refractivity contribution < 1.29 is 4.79 Å². The van der Waals surface area contributed by atoms with Crippen molar-refractivity contribution in [3.8, 4) is 0 Å². The number of carbonyl (C=O) groups is 1. The average Bonchev–Trinajstić information content (AvgIpc) is 2.47. The van der Waals surface area contributed by atoms with Gasteiger partial charge in [-0.05, 0) is 43.6 Å². The molecule has 2 rings (SSSR count). The first-order valence-electron chi connectivity index (χ1n) is 8.21. The average molecular weight is 266 g/mol. The molecule has 2 saturated carbocycles. The smallest absolute Gasteiger partial charge is 0.220 e. The van der Waals surface area contributed by atoms with Crippen LogP contribution in [-0.4, -0.2) is 19.0 Å². The van der Waals surface area contributed by atoms with Crippen LogP contribution in [0.3, 0.4) is 0 Å². The van der Waals surface area contributed by atoms with Gasteiger partial charge in [0.15, 0.2) is 0 Å². The van der Waals surface area contributed by atoms with Gasteiger partial charge in [-0.1, -0.05) is 38.5 Å². The first-order chi connectivity index (χ1) is 9.24. The molecule has 110 valence electrons. The molecule has 3 N–H and O–H groups in total. The van der Waals surface area contributed by atoms with Crippen molar-refractivity contribution in [2.45, 2.75) is 70.6 Å². The molecule has 0 radical (unpaired) electrons. The van der Waals surface area contributed by atoms with Crippen LogP contribution in [0.25, 0.3) is 0 Å². The van der Waals surface area contributed by atoms with Gasteiger partial charge >= 0.3 is 0 Å². The van der Waals surface area contributed by atoms with Crippen molar-refractivity contribution in [2.24, 2.45) is 17.1 Å². The van der Waals surface area contributed by atoms with Crippen molar-refractivity contribution in [1.29, 1.82) is 0 Å². The standard InChI is InChI=1S/C16H30N2O/c17-12-16(9-5-2-6-10-16)13-18-15(19)11-14-7-3-1-4-8-14/h14H,1-13,17H2,(H,18,19). The second-order valence-corrected chi connectivity index (χ2v) is 6.75. The summed E-state index contributed by atoms with van der Waals surface area (Å²) >= 11 is 0. The maximum absolute atomic E-state index is 12.1. The van der Waals surface area contributed by atoms with E-state index in [4.69, 9.17) is 5.73 Å². The van der Waals surface area contributed by atoms with Gasteiger partial charge in [-0.15, -0.1) is 0 Å². The van der Waals surface area contributed by atoms with E-state index in [0.29, 0.717) is 5.92 Å². The summed E-state index contributed by atoms with van der Waals surface area (Å²) in [5.74, 6) is 0.888. The quantitative estimate of drug-likeness (QED) is 0.803. The van der Waals surface area contributed by atoms with Gasteiger partial charge in [-0.3, -0.25) is 4.79 Å². The molecule has 0 heterocycles. The summed E-state index contributed by atoms with van der Waals surface area (Å²) in [7, 11) is 0. The number of carbonyl (C=O) groups excluding carboxylic acids is 1. The van der Waals surface area contributed by atoms with E-state index in [9.17, 15) is 4.79 Å². The van der Waals surface area contributed by atoms with Crippen LogP contribution in [0.2, 0.25) is 0 Å². The van der Waals surface area contributed by atoms with Gasteiger partial charge in [0, 0.05) is 13.0 Å². The second-order valence-electron chi connectivity index (χ2n) is 6.75. The van der Waals surface area contributed by atoms with Gasteiger partial charge < -0.3 is 11.1 Å². The Morgan fingerprint density at radius 1 is 1.05 bits per heavy atom. The van der Waals surface area contributed by atoms with E-state index in [2.05, 4.69) is 5.32 Å². The molecule has 19 heavy (non-hydrogen) atoms. The first kappa shape index (κ1) is 14.8. The second kappa shape index (κ2) is 7.28. The predicted octanol–water partition coefficient (Wildman–Crippen LogP) is 2.98. The summed E-state index contributed by atoms with van der Waals surface area (Å²) in [6.45, 7) is 1.52. The summed E-state index contributed by atoms with van der Waals surface area (Å²) < 4.78 is 0. The van der Waals surface area contributed by atoms with Gasteiger partial charge in [0.2, 0.25) is 5.91 Å². The minimum absolute atomic E-state index is 0.195. The molecule has 2 aliphatic rings. The van der Waals surface area contributed by atoms with E-state index < -0.39 is 0 Å². The van der Waals surface area contributed by atoms with E-state index in [0.717, 1.165) is 19.5 Å². The van der Waals surface area contributed by atoms with Gasteiger partial charge in [0.1, 0.15) is 0 Å². The molecule has 1 amide bonds. The summed E-state index contributed by atoms with van der Waals surface area (Å²) in [5, 5.41) is 3.17. The Labute approximate surface area is 117 Å². The van der Waals surface area contributed by atoms with Gasteiger partial charge in [-0.2, -0.15) is 0 Å². The molecule has 0 bridgehead atoms. The molecule has 3 heteroatoms. The molecule has 0 spiro atoms. The van der Waals surface area contributed by atoms with Crippen LogP contribution >= 0.6 is 0 Å². The lowest BCUT2D eigenvalue weighted by atomic mass is 9.74. The van der Waals surface area contributed by atoms with Crippen molar-refractivity contribution in [2.75, 3.05) is 13.1 Å². The number of hydrogen-bond acceptors (Lipinski definition) is 2. The number of nitrogens with two attached hydrogens (primary N) is 1. The molecule has 0 atom stereocenters. The third-order valence-corrected chi connectivity index (χ3v) is 5.21. The Kier molecular flexibility index (Phi) is 5.68. The minimum Gasteiger partial charge on any atom is -0.355 e. The predicted molar refractivity (Wildman–Crippen MR) is 78.8 cm³/mol. The van der Waals surface area contributed by atoms with Crippen LogP contribution in [0.15, 0.2) is 0 Å². The highest BCUT2D eigenvalue weighted by Gasteiger charge is 2.31. The zero-order valence-electron chi connectivity index (χ0n) is 12.3. The highest BCUT2D eigenvalue weighted by Crippen LogP contribution is 2.34. The Hall–Kier alpha value is -0.570. The molecule has 0 aliphatic heterocycles. The van der Waals surface area contributed by atoms with E-state index in [1.807, 2.05) is 0 Å². The monoisotopic (exact) mass is 266 g/mol. The lowest BCUT2D eigenvalue weighted by Crippen LogP contribution is -2.44. The lowest BCUT2D eigenvalue weighted by Gasteiger charge is -2.36. The number of nitrogens with one attached hydrogen (secondary N) is 1. The van der Waals surface area contributed by atoms with E-state index in [1.54, 1.807) is 0 Å². The van der Waals surface area contributed by atoms with E-state index >= 15 is 0 Å². The van der Waals surface area contributed by atoms with Gasteiger partial charge in [-0.25, -0.2) is 0 Å². The largest absolute Gasteiger partial charge is 0.355 e. The summed E-state index contributed by atoms with van der Waals surface area (Å²) in [4.78, 5) is 12.1. The molecule has 0 aromatic rings. The molecule has 0 aromatic carbocycles. The molecule has 0 saturated heterocycles. The van der Waals surface area contributed by atoms with Crippen LogP contribution in [-0.2, 0) is 4.79 Å². The minimum atomic E-state index is 0.195. The molecule has 0 aromatic heterocycles. The molecular weight excluding hydrogens is 236 g/mol. The lowest BCUT2D eigenvalue weighted by molar-refractivity contribution is -0.122. The Morgan fingerprint density at radius 2 is 1.68 bits per heavy atom. The highest BCUT2D eigenvalue weighted by atomic mass is 16.1. The molecule has 2 aliphatic carbocycles. The number of rotatable bonds is 5. The van der Waals surface area contributed by atoms with Crippen LogP contribution in [0.4, 0.5) is 0 Å². The van der Waals surface area contributed by atoms with Crippen molar-refractivity contribution in [3.05, 3.63) is 0 Å². The topological polar surface area (TPSA) is 55.1 Å². The summed E-state index contributed by atoms with van der Waals surface area (Å²) in [6, 6.07) is 0. The van der Waals surface area contributed by atoms with Crippen LogP contribution < -0.4 is 11.1 Å². The van der Waals surface area contributed by atoms with Crippen molar-refractivity contribution in [1.82, 2.24) is 5.32 Å². The fraction of sp³-hybridized carbons (Fsp3) is 0.938. The summed E-state index contributed by atoms with van der Waals surface area (Å²) in [5.41, 5.74) is 6.15. The Morgan fingerprint density at radius 3 is 2.32 bits per heavy atom. The zero-order valence-corrected chi connectivity index (χ0v) is 12.3. The SMILES string of the molecule is NCC1(CNC(=O)CC2CCCCC2)CCCCC1. The van der Waals surface area contributed by atoms with Crippen LogP contribution in [0.1, 0.15) is 70.6 Å². The van der Waals surface area contributed by atoms with E-state index in [-0.39, 0.29) is 11.3 Å². The maximum atomic E-state index is 12.1. The Balaban J connectivity index is 1.72. The van der Waals surface area contributed by atoms with Crippen LogP contribution in [0.5, 0.6) is 0 Å². The molecular formula is C16H30N2O. The molecule has 2 fully saturated rings. The fourth-order valence-electron chi connectivity index (χ4n) is 3.77. The van der Waals surface area contributed by atoms with Gasteiger partial charge in [0.25, 0.3) is 0 Å². The van der Waals surface area contributed by atoms with Crippen LogP contribution in [0, 0.1) is 11.3 Å². The Bertz CT molecular complexity index is 278. The third kappa shape index (κ3) is 4.48. The number of amides is 1. The molecule has 0 unspecified atom stereocenters. The third-order valence-electron chi connectivity index (χ3n) is 5.21. The van der Waals surface area contributed by atoms with Crippen molar-refractivity contribution >= 4 is 5.91 Å². The van der Waals surface area contributed by atoms with Gasteiger partial charge in [0.05, 0.1) is 0 Å². The normalized spacial score (nSPS) is 24.1. The van der Waals surface area contributed by atoms with Crippen molar-refractivity contribution in [3.63, 3.8) is 0 Å².